The van der Waals surface area contributed by atoms with E-state index in [-0.39, 0.29) is 5.54 Å². The summed E-state index contributed by atoms with van der Waals surface area (Å²) in [5.74, 6) is 0.498. The van der Waals surface area contributed by atoms with Gasteiger partial charge >= 0.3 is 0 Å². The number of hydrogen-bond acceptors (Lipinski definition) is 1. The van der Waals surface area contributed by atoms with Crippen LogP contribution in [0.2, 0.25) is 0 Å². The lowest BCUT2D eigenvalue weighted by Gasteiger charge is -2.33. The Hall–Kier alpha value is -0.820. The Morgan fingerprint density at radius 1 is 1.33 bits per heavy atom. The van der Waals surface area contributed by atoms with E-state index >= 15 is 0 Å². The van der Waals surface area contributed by atoms with Crippen LogP contribution in [-0.4, -0.2) is 0 Å². The highest BCUT2D eigenvalue weighted by molar-refractivity contribution is 5.36. The lowest BCUT2D eigenvalue weighted by Crippen LogP contribution is -2.40. The summed E-state index contributed by atoms with van der Waals surface area (Å²) in [6.45, 7) is 10.8. The summed E-state index contributed by atoms with van der Waals surface area (Å²) in [5, 5.41) is 0. The van der Waals surface area contributed by atoms with Gasteiger partial charge in [0.2, 0.25) is 0 Å². The molecular formula is C14H23N. The molecule has 1 nitrogen and oxygen atoms in total. The van der Waals surface area contributed by atoms with Crippen molar-refractivity contribution in [3.8, 4) is 0 Å². The average Bonchev–Trinajstić information content (AvgIpc) is 2.20. The van der Waals surface area contributed by atoms with Crippen LogP contribution in [0.5, 0.6) is 0 Å². The second-order valence-corrected chi connectivity index (χ2v) is 4.91. The average molecular weight is 205 g/mol. The summed E-state index contributed by atoms with van der Waals surface area (Å²) >= 11 is 0. The van der Waals surface area contributed by atoms with Gasteiger partial charge in [0.05, 0.1) is 0 Å². The molecule has 0 radical (unpaired) electrons. The molecule has 0 aromatic heterocycles. The van der Waals surface area contributed by atoms with E-state index in [4.69, 9.17) is 5.73 Å². The highest BCUT2D eigenvalue weighted by atomic mass is 14.7. The van der Waals surface area contributed by atoms with Crippen molar-refractivity contribution in [2.24, 2.45) is 11.7 Å². The van der Waals surface area contributed by atoms with Crippen molar-refractivity contribution in [2.45, 2.75) is 46.6 Å². The van der Waals surface area contributed by atoms with E-state index in [9.17, 15) is 0 Å². The molecule has 0 bridgehead atoms. The van der Waals surface area contributed by atoms with Gasteiger partial charge in [0.25, 0.3) is 0 Å². The topological polar surface area (TPSA) is 26.0 Å². The Morgan fingerprint density at radius 2 is 1.93 bits per heavy atom. The minimum Gasteiger partial charge on any atom is -0.321 e. The maximum absolute atomic E-state index is 6.46. The standard InChI is InChI=1S/C14H23N/c1-6-12(4)14(5,15)13-9-10(2)7-8-11(13)3/h7-9,12H,6,15H2,1-5H3. The Bertz CT molecular complexity index is 339. The summed E-state index contributed by atoms with van der Waals surface area (Å²) in [4.78, 5) is 0. The highest BCUT2D eigenvalue weighted by Gasteiger charge is 2.28. The summed E-state index contributed by atoms with van der Waals surface area (Å²) < 4.78 is 0. The first-order valence-corrected chi connectivity index (χ1v) is 5.76. The number of hydrogen-bond donors (Lipinski definition) is 1. The first-order valence-electron chi connectivity index (χ1n) is 5.76. The molecule has 0 amide bonds. The molecule has 0 aliphatic carbocycles. The molecular weight excluding hydrogens is 182 g/mol. The van der Waals surface area contributed by atoms with E-state index in [0.29, 0.717) is 5.92 Å². The molecule has 1 aromatic carbocycles. The lowest BCUT2D eigenvalue weighted by atomic mass is 9.78. The van der Waals surface area contributed by atoms with Crippen LogP contribution in [0.15, 0.2) is 18.2 Å². The number of nitrogens with two attached hydrogens (primary N) is 1. The fourth-order valence-electron chi connectivity index (χ4n) is 2.01. The Kier molecular flexibility index (Phi) is 3.56. The maximum Gasteiger partial charge on any atom is 0.0409 e. The van der Waals surface area contributed by atoms with Gasteiger partial charge in [0.1, 0.15) is 0 Å². The number of rotatable bonds is 3. The van der Waals surface area contributed by atoms with E-state index in [1.54, 1.807) is 0 Å². The van der Waals surface area contributed by atoms with Gasteiger partial charge in [0, 0.05) is 5.54 Å². The van der Waals surface area contributed by atoms with Crippen molar-refractivity contribution in [2.75, 3.05) is 0 Å². The van der Waals surface area contributed by atoms with Crippen LogP contribution in [-0.2, 0) is 5.54 Å². The van der Waals surface area contributed by atoms with Crippen LogP contribution in [0.1, 0.15) is 43.9 Å². The van der Waals surface area contributed by atoms with Crippen LogP contribution >= 0.6 is 0 Å². The van der Waals surface area contributed by atoms with Gasteiger partial charge in [-0.2, -0.15) is 0 Å². The molecule has 2 unspecified atom stereocenters. The third-order valence-electron chi connectivity index (χ3n) is 3.61. The molecule has 0 saturated carbocycles. The van der Waals surface area contributed by atoms with Crippen molar-refractivity contribution in [1.29, 1.82) is 0 Å². The molecule has 2 N–H and O–H groups in total. The normalized spacial score (nSPS) is 17.2. The number of aryl methyl sites for hydroxylation is 2. The SMILES string of the molecule is CCC(C)C(C)(N)c1cc(C)ccc1C. The van der Waals surface area contributed by atoms with E-state index in [0.717, 1.165) is 6.42 Å². The van der Waals surface area contributed by atoms with Gasteiger partial charge in [-0.1, -0.05) is 44.0 Å². The molecule has 0 heterocycles. The minimum absolute atomic E-state index is 0.217. The molecule has 0 aliphatic rings. The summed E-state index contributed by atoms with van der Waals surface area (Å²) in [5.41, 5.74) is 10.1. The van der Waals surface area contributed by atoms with Crippen molar-refractivity contribution < 1.29 is 0 Å². The highest BCUT2D eigenvalue weighted by Crippen LogP contribution is 2.31. The first-order chi connectivity index (χ1) is 6.89. The zero-order valence-electron chi connectivity index (χ0n) is 10.6. The van der Waals surface area contributed by atoms with E-state index in [2.05, 4.69) is 52.8 Å². The first kappa shape index (κ1) is 12.3. The molecule has 1 aromatic rings. The monoisotopic (exact) mass is 205 g/mol. The summed E-state index contributed by atoms with van der Waals surface area (Å²) in [6.07, 6.45) is 1.11. The van der Waals surface area contributed by atoms with Crippen molar-refractivity contribution in [3.63, 3.8) is 0 Å². The number of benzene rings is 1. The van der Waals surface area contributed by atoms with Crippen LogP contribution in [0.4, 0.5) is 0 Å². The minimum atomic E-state index is -0.217. The second kappa shape index (κ2) is 4.36. The van der Waals surface area contributed by atoms with E-state index in [1.165, 1.54) is 16.7 Å². The predicted octanol–water partition coefficient (Wildman–Crippen LogP) is 3.52. The van der Waals surface area contributed by atoms with Crippen LogP contribution in [0.3, 0.4) is 0 Å². The van der Waals surface area contributed by atoms with E-state index < -0.39 is 0 Å². The molecule has 15 heavy (non-hydrogen) atoms. The van der Waals surface area contributed by atoms with Gasteiger partial charge in [-0.25, -0.2) is 0 Å². The third-order valence-corrected chi connectivity index (χ3v) is 3.61. The molecule has 84 valence electrons. The third kappa shape index (κ3) is 2.40. The van der Waals surface area contributed by atoms with Gasteiger partial charge < -0.3 is 5.73 Å². The zero-order chi connectivity index (χ0) is 11.6. The Morgan fingerprint density at radius 3 is 2.47 bits per heavy atom. The molecule has 1 rings (SSSR count). The zero-order valence-corrected chi connectivity index (χ0v) is 10.6. The summed E-state index contributed by atoms with van der Waals surface area (Å²) in [6, 6.07) is 6.53. The van der Waals surface area contributed by atoms with Crippen LogP contribution in [0.25, 0.3) is 0 Å². The quantitative estimate of drug-likeness (QED) is 0.802. The molecule has 0 spiro atoms. The summed E-state index contributed by atoms with van der Waals surface area (Å²) in [7, 11) is 0. The van der Waals surface area contributed by atoms with Crippen molar-refractivity contribution in [1.82, 2.24) is 0 Å². The maximum atomic E-state index is 6.46. The van der Waals surface area contributed by atoms with E-state index in [1.807, 2.05) is 0 Å². The van der Waals surface area contributed by atoms with Gasteiger partial charge in [-0.3, -0.25) is 0 Å². The Labute approximate surface area is 93.7 Å². The molecule has 0 saturated heterocycles. The van der Waals surface area contributed by atoms with Crippen LogP contribution < -0.4 is 5.73 Å². The van der Waals surface area contributed by atoms with Gasteiger partial charge in [-0.15, -0.1) is 0 Å². The lowest BCUT2D eigenvalue weighted by molar-refractivity contribution is 0.314. The van der Waals surface area contributed by atoms with Gasteiger partial charge in [0.15, 0.2) is 0 Å². The fraction of sp³-hybridized carbons (Fsp3) is 0.571. The fourth-order valence-corrected chi connectivity index (χ4v) is 2.01. The van der Waals surface area contributed by atoms with Crippen molar-refractivity contribution >= 4 is 0 Å². The smallest absolute Gasteiger partial charge is 0.0409 e. The molecule has 0 fully saturated rings. The largest absolute Gasteiger partial charge is 0.321 e. The molecule has 1 heteroatoms. The Balaban J connectivity index is 3.19. The second-order valence-electron chi connectivity index (χ2n) is 4.91. The molecule has 0 aliphatic heterocycles. The molecule has 2 atom stereocenters. The van der Waals surface area contributed by atoms with Crippen LogP contribution in [0, 0.1) is 19.8 Å². The predicted molar refractivity (Wildman–Crippen MR) is 66.9 cm³/mol. The van der Waals surface area contributed by atoms with Gasteiger partial charge in [-0.05, 0) is 37.8 Å². The van der Waals surface area contributed by atoms with Crippen molar-refractivity contribution in [3.05, 3.63) is 34.9 Å².